The van der Waals surface area contributed by atoms with E-state index in [-0.39, 0.29) is 11.9 Å². The molecule has 0 radical (unpaired) electrons. The van der Waals surface area contributed by atoms with E-state index in [2.05, 4.69) is 10.1 Å². The fourth-order valence-corrected chi connectivity index (χ4v) is 2.39. The molecule has 3 heterocycles. The van der Waals surface area contributed by atoms with E-state index in [9.17, 15) is 4.79 Å². The second-order valence-electron chi connectivity index (χ2n) is 4.99. The summed E-state index contributed by atoms with van der Waals surface area (Å²) in [4.78, 5) is 18.4. The Morgan fingerprint density at radius 3 is 3.14 bits per heavy atom. The molecule has 7 nitrogen and oxygen atoms in total. The Kier molecular flexibility index (Phi) is 4.01. The molecule has 0 unspecified atom stereocenters. The van der Waals surface area contributed by atoms with Crippen LogP contribution in [0.3, 0.4) is 0 Å². The highest BCUT2D eigenvalue weighted by Gasteiger charge is 2.32. The van der Waals surface area contributed by atoms with Gasteiger partial charge in [0.15, 0.2) is 5.82 Å². The number of hydrogen-bond acceptors (Lipinski definition) is 6. The summed E-state index contributed by atoms with van der Waals surface area (Å²) in [5, 5.41) is 3.78. The van der Waals surface area contributed by atoms with E-state index >= 15 is 0 Å². The largest absolute Gasteiger partial charge is 0.472 e. The molecule has 1 aliphatic heterocycles. The van der Waals surface area contributed by atoms with Crippen LogP contribution in [0.2, 0.25) is 0 Å². The second kappa shape index (κ2) is 6.09. The van der Waals surface area contributed by atoms with Crippen LogP contribution in [-0.2, 0) is 16.0 Å². The standard InChI is InChI=1S/C14H17N3O4/c1-10-15-14(21-16-10)12-9-20-7-5-17(12)13(18)3-2-11-4-6-19-8-11/h4,6,8,12H,2-3,5,7,9H2,1H3/t12-/m0/s1. The molecule has 3 rings (SSSR count). The highest BCUT2D eigenvalue weighted by molar-refractivity contribution is 5.77. The Balaban J connectivity index is 1.67. The summed E-state index contributed by atoms with van der Waals surface area (Å²) in [5.41, 5.74) is 1.02. The molecule has 0 spiro atoms. The maximum Gasteiger partial charge on any atom is 0.251 e. The minimum atomic E-state index is -0.295. The topological polar surface area (TPSA) is 81.6 Å². The maximum atomic E-state index is 12.4. The lowest BCUT2D eigenvalue weighted by atomic mass is 10.1. The molecular weight excluding hydrogens is 274 g/mol. The Hall–Kier alpha value is -2.15. The Morgan fingerprint density at radius 1 is 1.52 bits per heavy atom. The Bertz CT molecular complexity index is 593. The van der Waals surface area contributed by atoms with E-state index in [1.54, 1.807) is 24.3 Å². The van der Waals surface area contributed by atoms with Crippen LogP contribution in [0.15, 0.2) is 27.5 Å². The molecule has 1 aliphatic rings. The van der Waals surface area contributed by atoms with Crippen LogP contribution in [0.5, 0.6) is 0 Å². The smallest absolute Gasteiger partial charge is 0.251 e. The molecule has 1 atom stereocenters. The normalized spacial score (nSPS) is 18.9. The van der Waals surface area contributed by atoms with E-state index in [1.807, 2.05) is 6.07 Å². The second-order valence-corrected chi connectivity index (χ2v) is 4.99. The van der Waals surface area contributed by atoms with Gasteiger partial charge in [-0.25, -0.2) is 0 Å². The van der Waals surface area contributed by atoms with Crippen molar-refractivity contribution in [1.82, 2.24) is 15.0 Å². The van der Waals surface area contributed by atoms with Gasteiger partial charge in [-0.2, -0.15) is 4.98 Å². The summed E-state index contributed by atoms with van der Waals surface area (Å²) >= 11 is 0. The molecule has 2 aromatic heterocycles. The maximum absolute atomic E-state index is 12.4. The van der Waals surface area contributed by atoms with Gasteiger partial charge < -0.3 is 18.6 Å². The fraction of sp³-hybridized carbons (Fsp3) is 0.500. The van der Waals surface area contributed by atoms with Gasteiger partial charge in [0.25, 0.3) is 5.89 Å². The third-order valence-corrected chi connectivity index (χ3v) is 3.48. The van der Waals surface area contributed by atoms with Gasteiger partial charge in [-0.15, -0.1) is 0 Å². The van der Waals surface area contributed by atoms with Crippen molar-refractivity contribution in [2.75, 3.05) is 19.8 Å². The fourth-order valence-electron chi connectivity index (χ4n) is 2.39. The first-order chi connectivity index (χ1) is 10.2. The molecule has 7 heteroatoms. The van der Waals surface area contributed by atoms with Gasteiger partial charge in [0.1, 0.15) is 6.04 Å². The lowest BCUT2D eigenvalue weighted by Gasteiger charge is -2.33. The Labute approximate surface area is 121 Å². The van der Waals surface area contributed by atoms with Gasteiger partial charge in [0.2, 0.25) is 5.91 Å². The van der Waals surface area contributed by atoms with Crippen LogP contribution < -0.4 is 0 Å². The van der Waals surface area contributed by atoms with Crippen molar-refractivity contribution in [3.63, 3.8) is 0 Å². The molecule has 2 aromatic rings. The summed E-state index contributed by atoms with van der Waals surface area (Å²) in [6.07, 6.45) is 4.34. The van der Waals surface area contributed by atoms with Gasteiger partial charge in [-0.05, 0) is 25.0 Å². The van der Waals surface area contributed by atoms with Gasteiger partial charge in [-0.3, -0.25) is 4.79 Å². The van der Waals surface area contributed by atoms with Crippen molar-refractivity contribution >= 4 is 5.91 Å². The highest BCUT2D eigenvalue weighted by atomic mass is 16.5. The average Bonchev–Trinajstić information content (AvgIpc) is 3.16. The third-order valence-electron chi connectivity index (χ3n) is 3.48. The number of furan rings is 1. The van der Waals surface area contributed by atoms with Crippen LogP contribution in [-0.4, -0.2) is 40.7 Å². The monoisotopic (exact) mass is 291 g/mol. The average molecular weight is 291 g/mol. The van der Waals surface area contributed by atoms with Crippen LogP contribution in [0.4, 0.5) is 0 Å². The van der Waals surface area contributed by atoms with Crippen LogP contribution >= 0.6 is 0 Å². The number of amides is 1. The zero-order valence-electron chi connectivity index (χ0n) is 11.8. The zero-order chi connectivity index (χ0) is 14.7. The minimum Gasteiger partial charge on any atom is -0.472 e. The van der Waals surface area contributed by atoms with E-state index in [0.29, 0.717) is 44.3 Å². The molecule has 21 heavy (non-hydrogen) atoms. The van der Waals surface area contributed by atoms with Crippen molar-refractivity contribution in [1.29, 1.82) is 0 Å². The predicted octanol–water partition coefficient (Wildman–Crippen LogP) is 1.50. The molecule has 112 valence electrons. The molecule has 1 fully saturated rings. The molecule has 1 amide bonds. The minimum absolute atomic E-state index is 0.0559. The van der Waals surface area contributed by atoms with Crippen molar-refractivity contribution in [3.05, 3.63) is 35.9 Å². The predicted molar refractivity (Wildman–Crippen MR) is 71.3 cm³/mol. The molecule has 1 saturated heterocycles. The number of carbonyl (C=O) groups excluding carboxylic acids is 1. The van der Waals surface area contributed by atoms with E-state index in [0.717, 1.165) is 5.56 Å². The summed E-state index contributed by atoms with van der Waals surface area (Å²) in [6.45, 7) is 3.21. The first kappa shape index (κ1) is 13.8. The van der Waals surface area contributed by atoms with Crippen molar-refractivity contribution < 1.29 is 18.5 Å². The summed E-state index contributed by atoms with van der Waals surface area (Å²) < 4.78 is 15.6. The van der Waals surface area contributed by atoms with Crippen LogP contribution in [0, 0.1) is 6.92 Å². The lowest BCUT2D eigenvalue weighted by molar-refractivity contribution is -0.141. The van der Waals surface area contributed by atoms with E-state index in [1.165, 1.54) is 0 Å². The lowest BCUT2D eigenvalue weighted by Crippen LogP contribution is -2.43. The first-order valence-electron chi connectivity index (χ1n) is 6.92. The molecular formula is C14H17N3O4. The molecule has 0 saturated carbocycles. The first-order valence-corrected chi connectivity index (χ1v) is 6.92. The number of carbonyl (C=O) groups is 1. The van der Waals surface area contributed by atoms with E-state index < -0.39 is 0 Å². The van der Waals surface area contributed by atoms with Gasteiger partial charge in [-0.1, -0.05) is 5.16 Å². The third kappa shape index (κ3) is 3.13. The van der Waals surface area contributed by atoms with Gasteiger partial charge in [0, 0.05) is 13.0 Å². The van der Waals surface area contributed by atoms with Crippen LogP contribution in [0.1, 0.15) is 29.7 Å². The Morgan fingerprint density at radius 2 is 2.43 bits per heavy atom. The number of aromatic nitrogens is 2. The molecule has 0 bridgehead atoms. The summed E-state index contributed by atoms with van der Waals surface area (Å²) in [7, 11) is 0. The summed E-state index contributed by atoms with van der Waals surface area (Å²) in [6, 6.07) is 1.57. The molecule has 0 aliphatic carbocycles. The summed E-state index contributed by atoms with van der Waals surface area (Å²) in [5.74, 6) is 1.05. The van der Waals surface area contributed by atoms with Crippen molar-refractivity contribution in [3.8, 4) is 0 Å². The number of rotatable bonds is 4. The van der Waals surface area contributed by atoms with Crippen molar-refractivity contribution in [2.24, 2.45) is 0 Å². The molecule has 0 N–H and O–H groups in total. The number of aryl methyl sites for hydroxylation is 2. The molecule has 0 aromatic carbocycles. The SMILES string of the molecule is Cc1noc([C@@H]2COCCN2C(=O)CCc2ccoc2)n1. The number of morpholine rings is 1. The van der Waals surface area contributed by atoms with Gasteiger partial charge >= 0.3 is 0 Å². The van der Waals surface area contributed by atoms with Crippen LogP contribution in [0.25, 0.3) is 0 Å². The number of hydrogen-bond donors (Lipinski definition) is 0. The van der Waals surface area contributed by atoms with E-state index in [4.69, 9.17) is 13.7 Å². The van der Waals surface area contributed by atoms with Gasteiger partial charge in [0.05, 0.1) is 25.7 Å². The highest BCUT2D eigenvalue weighted by Crippen LogP contribution is 2.24. The number of ether oxygens (including phenoxy) is 1. The number of nitrogens with zero attached hydrogens (tertiary/aromatic N) is 3. The quantitative estimate of drug-likeness (QED) is 0.849. The zero-order valence-corrected chi connectivity index (χ0v) is 11.8. The van der Waals surface area contributed by atoms with Crippen molar-refractivity contribution in [2.45, 2.75) is 25.8 Å².